The molecule has 0 saturated carbocycles. The van der Waals surface area contributed by atoms with Crippen molar-refractivity contribution in [1.29, 1.82) is 0 Å². The Morgan fingerprint density at radius 2 is 1.58 bits per heavy atom. The van der Waals surface area contributed by atoms with E-state index < -0.39 is 6.10 Å². The normalized spacial score (nSPS) is 12.5. The second-order valence-corrected chi connectivity index (χ2v) is 7.60. The van der Waals surface area contributed by atoms with Gasteiger partial charge in [-0.05, 0) is 47.6 Å². The van der Waals surface area contributed by atoms with Crippen LogP contribution in [0.1, 0.15) is 48.3 Å². The van der Waals surface area contributed by atoms with Crippen LogP contribution in [0.2, 0.25) is 0 Å². The second-order valence-electron chi connectivity index (χ2n) is 6.48. The molecule has 2 aromatic carbocycles. The molecule has 1 heterocycles. The van der Waals surface area contributed by atoms with Crippen LogP contribution >= 0.6 is 11.3 Å². The lowest BCUT2D eigenvalue weighted by atomic mass is 9.96. The van der Waals surface area contributed by atoms with Crippen LogP contribution in [-0.4, -0.2) is 5.11 Å². The Balaban J connectivity index is 1.80. The van der Waals surface area contributed by atoms with Gasteiger partial charge in [-0.25, -0.2) is 0 Å². The van der Waals surface area contributed by atoms with Crippen molar-refractivity contribution in [2.75, 3.05) is 0 Å². The Bertz CT molecular complexity index is 773. The van der Waals surface area contributed by atoms with Crippen molar-refractivity contribution in [3.63, 3.8) is 0 Å². The Labute approximate surface area is 148 Å². The number of aliphatic hydroxyl groups excluding tert-OH is 1. The van der Waals surface area contributed by atoms with Crippen molar-refractivity contribution in [1.82, 2.24) is 0 Å². The van der Waals surface area contributed by atoms with Crippen LogP contribution in [0.15, 0.2) is 66.7 Å². The van der Waals surface area contributed by atoms with Crippen molar-refractivity contribution in [3.05, 3.63) is 82.7 Å². The van der Waals surface area contributed by atoms with Gasteiger partial charge < -0.3 is 5.11 Å². The molecule has 2 heteroatoms. The molecule has 0 aliphatic carbocycles. The first-order valence-corrected chi connectivity index (χ1v) is 9.38. The van der Waals surface area contributed by atoms with E-state index in [0.29, 0.717) is 5.92 Å². The molecule has 1 nitrogen and oxygen atoms in total. The Hall–Kier alpha value is -1.90. The number of hydrogen-bond acceptors (Lipinski definition) is 2. The third-order valence-corrected chi connectivity index (χ3v) is 5.75. The topological polar surface area (TPSA) is 20.2 Å². The van der Waals surface area contributed by atoms with Crippen LogP contribution in [0, 0.1) is 0 Å². The Kier molecular flexibility index (Phi) is 5.49. The molecule has 3 rings (SSSR count). The summed E-state index contributed by atoms with van der Waals surface area (Å²) in [6.07, 6.45) is 1.19. The van der Waals surface area contributed by atoms with Gasteiger partial charge in [0.2, 0.25) is 0 Å². The zero-order valence-corrected chi connectivity index (χ0v) is 15.1. The monoisotopic (exact) mass is 336 g/mol. The van der Waals surface area contributed by atoms with E-state index in [0.717, 1.165) is 24.0 Å². The molecule has 0 saturated heterocycles. The standard InChI is InChI=1S/C22H24OS/c1-16(2)21-14-15-22(24-21)19-11-7-6-10-18(19)20(23)13-12-17-8-4-3-5-9-17/h3-11,14-16,20,23H,12-13H2,1-2H3. The summed E-state index contributed by atoms with van der Waals surface area (Å²) in [7, 11) is 0. The number of benzene rings is 2. The highest BCUT2D eigenvalue weighted by Gasteiger charge is 2.15. The third kappa shape index (κ3) is 3.95. The minimum Gasteiger partial charge on any atom is -0.388 e. The fourth-order valence-electron chi connectivity index (χ4n) is 2.92. The Morgan fingerprint density at radius 3 is 2.29 bits per heavy atom. The van der Waals surface area contributed by atoms with Gasteiger partial charge in [-0.3, -0.25) is 0 Å². The lowest BCUT2D eigenvalue weighted by Gasteiger charge is -2.15. The van der Waals surface area contributed by atoms with Crippen LogP contribution in [0.25, 0.3) is 10.4 Å². The summed E-state index contributed by atoms with van der Waals surface area (Å²) in [5, 5.41) is 10.7. The fourth-order valence-corrected chi connectivity index (χ4v) is 3.98. The summed E-state index contributed by atoms with van der Waals surface area (Å²) >= 11 is 1.83. The molecule has 0 radical (unpaired) electrons. The third-order valence-electron chi connectivity index (χ3n) is 4.33. The molecule has 3 aromatic rings. The molecule has 0 spiro atoms. The highest BCUT2D eigenvalue weighted by Crippen LogP contribution is 2.36. The highest BCUT2D eigenvalue weighted by molar-refractivity contribution is 7.15. The second kappa shape index (κ2) is 7.78. The van der Waals surface area contributed by atoms with Crippen LogP contribution in [0.5, 0.6) is 0 Å². The first kappa shape index (κ1) is 16.9. The molecule has 0 aliphatic rings. The van der Waals surface area contributed by atoms with E-state index in [9.17, 15) is 5.11 Å². The fraction of sp³-hybridized carbons (Fsp3) is 0.273. The molecule has 1 N–H and O–H groups in total. The SMILES string of the molecule is CC(C)c1ccc(-c2ccccc2C(O)CCc2ccccc2)s1. The summed E-state index contributed by atoms with van der Waals surface area (Å²) < 4.78 is 0. The molecule has 1 aromatic heterocycles. The minimum absolute atomic E-state index is 0.439. The predicted molar refractivity (Wildman–Crippen MR) is 104 cm³/mol. The van der Waals surface area contributed by atoms with E-state index in [1.54, 1.807) is 0 Å². The smallest absolute Gasteiger partial charge is 0.0799 e. The molecule has 0 fully saturated rings. The minimum atomic E-state index is -0.439. The molecule has 0 amide bonds. The van der Waals surface area contributed by atoms with Gasteiger partial charge in [-0.1, -0.05) is 68.4 Å². The quantitative estimate of drug-likeness (QED) is 0.568. The van der Waals surface area contributed by atoms with E-state index in [4.69, 9.17) is 0 Å². The predicted octanol–water partition coefficient (Wildman–Crippen LogP) is 6.20. The van der Waals surface area contributed by atoms with Gasteiger partial charge in [-0.2, -0.15) is 0 Å². The molecule has 0 aliphatic heterocycles. The van der Waals surface area contributed by atoms with E-state index in [1.807, 2.05) is 23.5 Å². The molecular formula is C22H24OS. The summed E-state index contributed by atoms with van der Waals surface area (Å²) in [5.74, 6) is 0.541. The highest BCUT2D eigenvalue weighted by atomic mass is 32.1. The van der Waals surface area contributed by atoms with Crippen molar-refractivity contribution in [2.24, 2.45) is 0 Å². The maximum Gasteiger partial charge on any atom is 0.0799 e. The zero-order chi connectivity index (χ0) is 16.9. The van der Waals surface area contributed by atoms with E-state index >= 15 is 0 Å². The molecule has 1 unspecified atom stereocenters. The molecule has 1 atom stereocenters. The number of aryl methyl sites for hydroxylation is 1. The number of hydrogen-bond donors (Lipinski definition) is 1. The molecule has 124 valence electrons. The first-order valence-electron chi connectivity index (χ1n) is 8.56. The average Bonchev–Trinajstić information content (AvgIpc) is 3.11. The van der Waals surface area contributed by atoms with Gasteiger partial charge in [0.1, 0.15) is 0 Å². The van der Waals surface area contributed by atoms with Crippen molar-refractivity contribution < 1.29 is 5.11 Å². The summed E-state index contributed by atoms with van der Waals surface area (Å²) in [5.41, 5.74) is 3.47. The van der Waals surface area contributed by atoms with Gasteiger partial charge >= 0.3 is 0 Å². The first-order chi connectivity index (χ1) is 11.6. The van der Waals surface area contributed by atoms with Gasteiger partial charge in [0, 0.05) is 9.75 Å². The summed E-state index contributed by atoms with van der Waals surface area (Å²) in [6, 6.07) is 23.0. The number of rotatable bonds is 6. The lowest BCUT2D eigenvalue weighted by molar-refractivity contribution is 0.168. The molecule has 0 bridgehead atoms. The van der Waals surface area contributed by atoms with Crippen LogP contribution in [0.4, 0.5) is 0 Å². The maximum absolute atomic E-state index is 10.7. The van der Waals surface area contributed by atoms with Crippen LogP contribution in [-0.2, 0) is 6.42 Å². The summed E-state index contributed by atoms with van der Waals surface area (Å²) in [6.45, 7) is 4.44. The zero-order valence-electron chi connectivity index (χ0n) is 14.3. The molecule has 24 heavy (non-hydrogen) atoms. The van der Waals surface area contributed by atoms with Gasteiger partial charge in [0.25, 0.3) is 0 Å². The van der Waals surface area contributed by atoms with Crippen LogP contribution < -0.4 is 0 Å². The maximum atomic E-state index is 10.7. The van der Waals surface area contributed by atoms with Crippen molar-refractivity contribution >= 4 is 11.3 Å². The van der Waals surface area contributed by atoms with E-state index in [2.05, 4.69) is 68.4 Å². The summed E-state index contributed by atoms with van der Waals surface area (Å²) in [4.78, 5) is 2.63. The Morgan fingerprint density at radius 1 is 0.875 bits per heavy atom. The average molecular weight is 336 g/mol. The van der Waals surface area contributed by atoms with Crippen LogP contribution in [0.3, 0.4) is 0 Å². The number of thiophene rings is 1. The number of aliphatic hydroxyl groups is 1. The largest absolute Gasteiger partial charge is 0.388 e. The van der Waals surface area contributed by atoms with E-state index in [1.165, 1.54) is 15.3 Å². The van der Waals surface area contributed by atoms with Gasteiger partial charge in [0.15, 0.2) is 0 Å². The van der Waals surface area contributed by atoms with Crippen molar-refractivity contribution in [2.45, 2.75) is 38.7 Å². The van der Waals surface area contributed by atoms with Gasteiger partial charge in [0.05, 0.1) is 6.10 Å². The van der Waals surface area contributed by atoms with Crippen molar-refractivity contribution in [3.8, 4) is 10.4 Å². The lowest BCUT2D eigenvalue weighted by Crippen LogP contribution is -2.01. The van der Waals surface area contributed by atoms with Gasteiger partial charge in [-0.15, -0.1) is 11.3 Å². The molecular weight excluding hydrogens is 312 g/mol. The van der Waals surface area contributed by atoms with E-state index in [-0.39, 0.29) is 0 Å².